The number of hydrogen-bond acceptors (Lipinski definition) is 1. The Kier molecular flexibility index (Phi) is 3.50. The van der Waals surface area contributed by atoms with E-state index in [1.807, 2.05) is 0 Å². The number of nitrogens with zero attached hydrogens (tertiary/aromatic N) is 1. The molecule has 0 aromatic heterocycles. The molecule has 0 heterocycles. The first-order valence-corrected chi connectivity index (χ1v) is 2.26. The molecule has 0 aromatic carbocycles. The minimum atomic E-state index is 0.657. The van der Waals surface area contributed by atoms with Crippen LogP contribution in [0, 0.1) is 0 Å². The standard InChI is InChI=1S/C7H9N/c1-4-5-6-7(2)8-3/h4-6H,1-3H2. The van der Waals surface area contributed by atoms with Gasteiger partial charge in [-0.05, 0) is 12.8 Å². The molecule has 0 amide bonds. The second-order valence-corrected chi connectivity index (χ2v) is 1.24. The molecule has 0 rings (SSSR count). The van der Waals surface area contributed by atoms with E-state index in [-0.39, 0.29) is 0 Å². The predicted octanol–water partition coefficient (Wildman–Crippen LogP) is 1.94. The van der Waals surface area contributed by atoms with Crippen molar-refractivity contribution < 1.29 is 0 Å². The van der Waals surface area contributed by atoms with E-state index >= 15 is 0 Å². The quantitative estimate of drug-likeness (QED) is 0.386. The maximum absolute atomic E-state index is 3.55. The van der Waals surface area contributed by atoms with Crippen molar-refractivity contribution in [1.82, 2.24) is 0 Å². The van der Waals surface area contributed by atoms with Gasteiger partial charge in [-0.15, -0.1) is 0 Å². The van der Waals surface area contributed by atoms with Crippen LogP contribution in [0.15, 0.2) is 42.1 Å². The van der Waals surface area contributed by atoms with Gasteiger partial charge < -0.3 is 0 Å². The Morgan fingerprint density at radius 1 is 1.50 bits per heavy atom. The van der Waals surface area contributed by atoms with Gasteiger partial charge in [-0.2, -0.15) is 0 Å². The highest BCUT2D eigenvalue weighted by molar-refractivity contribution is 5.32. The van der Waals surface area contributed by atoms with E-state index in [0.29, 0.717) is 5.70 Å². The van der Waals surface area contributed by atoms with Gasteiger partial charge in [0, 0.05) is 0 Å². The van der Waals surface area contributed by atoms with Crippen LogP contribution in [-0.2, 0) is 0 Å². The largest absolute Gasteiger partial charge is 0.265 e. The summed E-state index contributed by atoms with van der Waals surface area (Å²) in [6, 6.07) is 0. The Balaban J connectivity index is 3.69. The fourth-order valence-electron chi connectivity index (χ4n) is 0.232. The molecule has 0 spiro atoms. The summed E-state index contributed by atoms with van der Waals surface area (Å²) < 4.78 is 0. The van der Waals surface area contributed by atoms with Gasteiger partial charge in [-0.1, -0.05) is 25.3 Å². The number of allylic oxidation sites excluding steroid dienone is 3. The average molecular weight is 107 g/mol. The zero-order chi connectivity index (χ0) is 6.41. The molecular formula is C7H9N. The van der Waals surface area contributed by atoms with Gasteiger partial charge in [0.25, 0.3) is 0 Å². The third-order valence-corrected chi connectivity index (χ3v) is 0.628. The van der Waals surface area contributed by atoms with Crippen molar-refractivity contribution in [2.45, 2.75) is 0 Å². The third kappa shape index (κ3) is 3.09. The van der Waals surface area contributed by atoms with Crippen molar-refractivity contribution in [2.24, 2.45) is 4.99 Å². The fraction of sp³-hybridized carbons (Fsp3) is 0. The van der Waals surface area contributed by atoms with Crippen LogP contribution >= 0.6 is 0 Å². The first-order valence-electron chi connectivity index (χ1n) is 2.26. The summed E-state index contributed by atoms with van der Waals surface area (Å²) in [5.74, 6) is 0. The first kappa shape index (κ1) is 6.89. The van der Waals surface area contributed by atoms with Crippen LogP contribution in [0.25, 0.3) is 0 Å². The van der Waals surface area contributed by atoms with Gasteiger partial charge in [-0.3, -0.25) is 4.99 Å². The van der Waals surface area contributed by atoms with Crippen LogP contribution in [0.5, 0.6) is 0 Å². The second-order valence-electron chi connectivity index (χ2n) is 1.24. The van der Waals surface area contributed by atoms with Crippen LogP contribution in [0.3, 0.4) is 0 Å². The Labute approximate surface area is 49.8 Å². The zero-order valence-corrected chi connectivity index (χ0v) is 4.80. The van der Waals surface area contributed by atoms with Crippen molar-refractivity contribution in [2.75, 3.05) is 0 Å². The molecule has 0 unspecified atom stereocenters. The average Bonchev–Trinajstić information content (AvgIpc) is 1.83. The highest BCUT2D eigenvalue weighted by atomic mass is 14.7. The molecule has 0 saturated carbocycles. The summed E-state index contributed by atoms with van der Waals surface area (Å²) in [4.78, 5) is 3.55. The van der Waals surface area contributed by atoms with E-state index in [2.05, 4.69) is 24.9 Å². The van der Waals surface area contributed by atoms with Crippen molar-refractivity contribution in [3.05, 3.63) is 37.1 Å². The van der Waals surface area contributed by atoms with Gasteiger partial charge in [0.05, 0.1) is 5.70 Å². The lowest BCUT2D eigenvalue weighted by Gasteiger charge is -1.80. The zero-order valence-electron chi connectivity index (χ0n) is 4.80. The van der Waals surface area contributed by atoms with Crippen LogP contribution in [0.1, 0.15) is 0 Å². The lowest BCUT2D eigenvalue weighted by Crippen LogP contribution is -1.60. The Hall–Kier alpha value is -1.11. The maximum atomic E-state index is 3.55. The molecule has 0 bridgehead atoms. The number of hydrogen-bond donors (Lipinski definition) is 0. The van der Waals surface area contributed by atoms with Crippen molar-refractivity contribution in [3.63, 3.8) is 0 Å². The van der Waals surface area contributed by atoms with Crippen molar-refractivity contribution in [1.29, 1.82) is 0 Å². The van der Waals surface area contributed by atoms with E-state index in [4.69, 9.17) is 0 Å². The fourth-order valence-corrected chi connectivity index (χ4v) is 0.232. The van der Waals surface area contributed by atoms with Gasteiger partial charge >= 0.3 is 0 Å². The summed E-state index contributed by atoms with van der Waals surface area (Å²) in [6.07, 6.45) is 5.16. The second kappa shape index (κ2) is 4.06. The van der Waals surface area contributed by atoms with Gasteiger partial charge in [0.1, 0.15) is 0 Å². The molecule has 0 atom stereocenters. The minimum Gasteiger partial charge on any atom is -0.265 e. The predicted molar refractivity (Wildman–Crippen MR) is 38.0 cm³/mol. The smallest absolute Gasteiger partial charge is 0.0550 e. The maximum Gasteiger partial charge on any atom is 0.0550 e. The van der Waals surface area contributed by atoms with Crippen LogP contribution in [0.4, 0.5) is 0 Å². The summed E-state index contributed by atoms with van der Waals surface area (Å²) in [5.41, 5.74) is 0.657. The third-order valence-electron chi connectivity index (χ3n) is 0.628. The molecule has 0 aliphatic carbocycles. The highest BCUT2D eigenvalue weighted by Gasteiger charge is 1.71. The molecule has 0 aliphatic rings. The van der Waals surface area contributed by atoms with Crippen LogP contribution < -0.4 is 0 Å². The monoisotopic (exact) mass is 107 g/mol. The molecule has 1 heteroatoms. The molecule has 0 saturated heterocycles. The summed E-state index contributed by atoms with van der Waals surface area (Å²) in [6.45, 7) is 10.3. The van der Waals surface area contributed by atoms with E-state index in [1.165, 1.54) is 0 Å². The van der Waals surface area contributed by atoms with Gasteiger partial charge in [0.15, 0.2) is 0 Å². The minimum absolute atomic E-state index is 0.657. The molecule has 0 aromatic rings. The van der Waals surface area contributed by atoms with Gasteiger partial charge in [-0.25, -0.2) is 0 Å². The van der Waals surface area contributed by atoms with E-state index in [0.717, 1.165) is 0 Å². The normalized spacial score (nSPS) is 9.00. The summed E-state index contributed by atoms with van der Waals surface area (Å²) >= 11 is 0. The molecular weight excluding hydrogens is 98.1 g/mol. The summed E-state index contributed by atoms with van der Waals surface area (Å²) in [5, 5.41) is 0. The topological polar surface area (TPSA) is 12.4 Å². The molecule has 0 fully saturated rings. The Morgan fingerprint density at radius 3 is 2.50 bits per heavy atom. The molecule has 42 valence electrons. The van der Waals surface area contributed by atoms with E-state index in [9.17, 15) is 0 Å². The summed E-state index contributed by atoms with van der Waals surface area (Å²) in [7, 11) is 0. The van der Waals surface area contributed by atoms with Gasteiger partial charge in [0.2, 0.25) is 0 Å². The van der Waals surface area contributed by atoms with Crippen LogP contribution in [-0.4, -0.2) is 6.72 Å². The van der Waals surface area contributed by atoms with Crippen molar-refractivity contribution in [3.8, 4) is 0 Å². The SMILES string of the molecule is C=CC=CC(=C)N=C. The lowest BCUT2D eigenvalue weighted by molar-refractivity contribution is 1.47. The Morgan fingerprint density at radius 2 is 2.12 bits per heavy atom. The molecule has 0 radical (unpaired) electrons. The Bertz CT molecular complexity index is 131. The highest BCUT2D eigenvalue weighted by Crippen LogP contribution is 1.90. The molecule has 0 aliphatic heterocycles. The first-order chi connectivity index (χ1) is 3.81. The molecule has 1 nitrogen and oxygen atoms in total. The molecule has 0 N–H and O–H groups in total. The van der Waals surface area contributed by atoms with Crippen LogP contribution in [0.2, 0.25) is 0 Å². The number of aliphatic imine (C=N–C) groups is 1. The van der Waals surface area contributed by atoms with Crippen molar-refractivity contribution >= 4 is 6.72 Å². The molecule has 8 heavy (non-hydrogen) atoms. The number of rotatable bonds is 3. The van der Waals surface area contributed by atoms with E-state index in [1.54, 1.807) is 18.2 Å². The van der Waals surface area contributed by atoms with E-state index < -0.39 is 0 Å². The lowest BCUT2D eigenvalue weighted by atomic mass is 10.4.